The van der Waals surface area contributed by atoms with Crippen molar-refractivity contribution in [2.45, 2.75) is 38.8 Å². The molecule has 0 heterocycles. The second-order valence-corrected chi connectivity index (χ2v) is 4.82. The fraction of sp³-hybridized carbons (Fsp3) is 0.467. The van der Waals surface area contributed by atoms with Crippen LogP contribution in [0.25, 0.3) is 6.08 Å². The highest BCUT2D eigenvalue weighted by molar-refractivity contribution is 5.51. The van der Waals surface area contributed by atoms with Gasteiger partial charge < -0.3 is 10.1 Å². The molecular weight excluding hydrogens is 210 g/mol. The van der Waals surface area contributed by atoms with Gasteiger partial charge in [-0.2, -0.15) is 0 Å². The van der Waals surface area contributed by atoms with Crippen LogP contribution in [0.15, 0.2) is 30.3 Å². The summed E-state index contributed by atoms with van der Waals surface area (Å²) in [6.07, 6.45) is 7.22. The molecule has 0 atom stereocenters. The summed E-state index contributed by atoms with van der Waals surface area (Å²) in [5, 5.41) is 3.46. The summed E-state index contributed by atoms with van der Waals surface area (Å²) in [4.78, 5) is 0. The maximum atomic E-state index is 5.66. The number of ether oxygens (including phenoxy) is 1. The van der Waals surface area contributed by atoms with Crippen LogP contribution in [0.4, 0.5) is 0 Å². The van der Waals surface area contributed by atoms with Crippen LogP contribution in [-0.4, -0.2) is 18.7 Å². The molecule has 0 radical (unpaired) electrons. The van der Waals surface area contributed by atoms with Gasteiger partial charge in [-0.1, -0.05) is 24.3 Å². The standard InChI is InChI=1S/C15H21NO/c1-12(2)17-15-7-3-5-13(11-15)6-4-10-16-14-8-9-14/h3-7,11-12,14,16H,8-10H2,1-2H3. The Kier molecular flexibility index (Phi) is 4.21. The highest BCUT2D eigenvalue weighted by Crippen LogP contribution is 2.18. The van der Waals surface area contributed by atoms with E-state index in [1.165, 1.54) is 18.4 Å². The highest BCUT2D eigenvalue weighted by atomic mass is 16.5. The molecule has 1 aromatic rings. The van der Waals surface area contributed by atoms with Gasteiger partial charge in [-0.15, -0.1) is 0 Å². The molecule has 0 bridgehead atoms. The molecule has 1 aliphatic carbocycles. The van der Waals surface area contributed by atoms with Crippen molar-refractivity contribution in [3.8, 4) is 5.75 Å². The number of hydrogen-bond donors (Lipinski definition) is 1. The first-order valence-corrected chi connectivity index (χ1v) is 6.40. The SMILES string of the molecule is CC(C)Oc1cccc(C=CCNC2CC2)c1. The molecule has 1 saturated carbocycles. The van der Waals surface area contributed by atoms with Crippen LogP contribution < -0.4 is 10.1 Å². The third-order valence-corrected chi connectivity index (χ3v) is 2.64. The van der Waals surface area contributed by atoms with E-state index in [1.54, 1.807) is 0 Å². The molecule has 2 rings (SSSR count). The Bertz CT molecular complexity index is 380. The smallest absolute Gasteiger partial charge is 0.120 e. The molecule has 0 aliphatic heterocycles. The van der Waals surface area contributed by atoms with Gasteiger partial charge in [-0.05, 0) is 44.4 Å². The van der Waals surface area contributed by atoms with Gasteiger partial charge in [-0.3, -0.25) is 0 Å². The average molecular weight is 231 g/mol. The van der Waals surface area contributed by atoms with Gasteiger partial charge in [0.15, 0.2) is 0 Å². The molecule has 1 aliphatic rings. The van der Waals surface area contributed by atoms with E-state index in [2.05, 4.69) is 29.6 Å². The predicted octanol–water partition coefficient (Wildman–Crippen LogP) is 3.24. The lowest BCUT2D eigenvalue weighted by molar-refractivity contribution is 0.242. The average Bonchev–Trinajstić information content (AvgIpc) is 3.08. The van der Waals surface area contributed by atoms with Gasteiger partial charge in [0.2, 0.25) is 0 Å². The van der Waals surface area contributed by atoms with Crippen molar-refractivity contribution in [3.05, 3.63) is 35.9 Å². The minimum Gasteiger partial charge on any atom is -0.491 e. The van der Waals surface area contributed by atoms with Crippen molar-refractivity contribution in [2.75, 3.05) is 6.54 Å². The van der Waals surface area contributed by atoms with Crippen LogP contribution in [0.2, 0.25) is 0 Å². The van der Waals surface area contributed by atoms with E-state index in [0.29, 0.717) is 0 Å². The molecule has 0 spiro atoms. The Morgan fingerprint density at radius 2 is 2.24 bits per heavy atom. The monoisotopic (exact) mass is 231 g/mol. The van der Waals surface area contributed by atoms with Crippen LogP contribution >= 0.6 is 0 Å². The molecular formula is C15H21NO. The maximum Gasteiger partial charge on any atom is 0.120 e. The Labute approximate surface area is 104 Å². The van der Waals surface area contributed by atoms with Crippen molar-refractivity contribution < 1.29 is 4.74 Å². The predicted molar refractivity (Wildman–Crippen MR) is 72.3 cm³/mol. The second-order valence-electron chi connectivity index (χ2n) is 4.82. The summed E-state index contributed by atoms with van der Waals surface area (Å²) >= 11 is 0. The van der Waals surface area contributed by atoms with Gasteiger partial charge in [-0.25, -0.2) is 0 Å². The molecule has 0 saturated heterocycles. The summed E-state index contributed by atoms with van der Waals surface area (Å²) in [7, 11) is 0. The van der Waals surface area contributed by atoms with Gasteiger partial charge in [0, 0.05) is 12.6 Å². The third kappa shape index (κ3) is 4.61. The molecule has 2 heteroatoms. The molecule has 0 unspecified atom stereocenters. The van der Waals surface area contributed by atoms with Gasteiger partial charge in [0.05, 0.1) is 6.10 Å². The number of nitrogens with one attached hydrogen (secondary N) is 1. The van der Waals surface area contributed by atoms with Crippen molar-refractivity contribution in [1.29, 1.82) is 0 Å². The molecule has 1 fully saturated rings. The van der Waals surface area contributed by atoms with E-state index < -0.39 is 0 Å². The molecule has 17 heavy (non-hydrogen) atoms. The molecule has 2 nitrogen and oxygen atoms in total. The molecule has 92 valence electrons. The first-order valence-electron chi connectivity index (χ1n) is 6.40. The summed E-state index contributed by atoms with van der Waals surface area (Å²) in [5.41, 5.74) is 1.20. The Morgan fingerprint density at radius 3 is 2.94 bits per heavy atom. The molecule has 0 amide bonds. The summed E-state index contributed by atoms with van der Waals surface area (Å²) < 4.78 is 5.66. The van der Waals surface area contributed by atoms with Crippen LogP contribution in [0.5, 0.6) is 5.75 Å². The number of benzene rings is 1. The van der Waals surface area contributed by atoms with Crippen molar-refractivity contribution in [1.82, 2.24) is 5.32 Å². The van der Waals surface area contributed by atoms with Crippen LogP contribution in [-0.2, 0) is 0 Å². The number of hydrogen-bond acceptors (Lipinski definition) is 2. The lowest BCUT2D eigenvalue weighted by Crippen LogP contribution is -2.15. The van der Waals surface area contributed by atoms with E-state index >= 15 is 0 Å². The number of rotatable bonds is 6. The summed E-state index contributed by atoms with van der Waals surface area (Å²) in [6.45, 7) is 5.05. The zero-order chi connectivity index (χ0) is 12.1. The largest absolute Gasteiger partial charge is 0.491 e. The molecule has 0 aromatic heterocycles. The van der Waals surface area contributed by atoms with E-state index in [0.717, 1.165) is 18.3 Å². The Balaban J connectivity index is 1.85. The lowest BCUT2D eigenvalue weighted by Gasteiger charge is -2.09. The summed E-state index contributed by atoms with van der Waals surface area (Å²) in [6, 6.07) is 8.98. The topological polar surface area (TPSA) is 21.3 Å². The minimum absolute atomic E-state index is 0.228. The third-order valence-electron chi connectivity index (χ3n) is 2.64. The normalized spacial score (nSPS) is 15.7. The van der Waals surface area contributed by atoms with Crippen LogP contribution in [0.1, 0.15) is 32.3 Å². The van der Waals surface area contributed by atoms with E-state index in [9.17, 15) is 0 Å². The lowest BCUT2D eigenvalue weighted by atomic mass is 10.2. The van der Waals surface area contributed by atoms with Gasteiger partial charge >= 0.3 is 0 Å². The van der Waals surface area contributed by atoms with Crippen molar-refractivity contribution >= 4 is 6.08 Å². The fourth-order valence-corrected chi connectivity index (χ4v) is 1.68. The zero-order valence-corrected chi connectivity index (χ0v) is 10.6. The van der Waals surface area contributed by atoms with E-state index in [1.807, 2.05) is 26.0 Å². The molecule has 1 N–H and O–H groups in total. The van der Waals surface area contributed by atoms with Gasteiger partial charge in [0.1, 0.15) is 5.75 Å². The highest BCUT2D eigenvalue weighted by Gasteiger charge is 2.18. The Morgan fingerprint density at radius 1 is 1.41 bits per heavy atom. The first kappa shape index (κ1) is 12.2. The molecule has 1 aromatic carbocycles. The van der Waals surface area contributed by atoms with Crippen LogP contribution in [0, 0.1) is 0 Å². The van der Waals surface area contributed by atoms with Gasteiger partial charge in [0.25, 0.3) is 0 Å². The maximum absolute atomic E-state index is 5.66. The quantitative estimate of drug-likeness (QED) is 0.811. The fourth-order valence-electron chi connectivity index (χ4n) is 1.68. The van der Waals surface area contributed by atoms with Crippen molar-refractivity contribution in [3.63, 3.8) is 0 Å². The Hall–Kier alpha value is -1.28. The second kappa shape index (κ2) is 5.87. The summed E-state index contributed by atoms with van der Waals surface area (Å²) in [5.74, 6) is 0.942. The van der Waals surface area contributed by atoms with E-state index in [4.69, 9.17) is 4.74 Å². The van der Waals surface area contributed by atoms with Crippen LogP contribution in [0.3, 0.4) is 0 Å². The van der Waals surface area contributed by atoms with E-state index in [-0.39, 0.29) is 6.10 Å². The zero-order valence-electron chi connectivity index (χ0n) is 10.6. The first-order chi connectivity index (χ1) is 8.24. The van der Waals surface area contributed by atoms with Crippen molar-refractivity contribution in [2.24, 2.45) is 0 Å². The minimum atomic E-state index is 0.228.